The number of carbonyl (C=O) groups excluding carboxylic acids is 2. The van der Waals surface area contributed by atoms with Gasteiger partial charge in [0.2, 0.25) is 0 Å². The lowest BCUT2D eigenvalue weighted by Gasteiger charge is -2.16. The van der Waals surface area contributed by atoms with Crippen molar-refractivity contribution in [3.05, 3.63) is 110 Å². The van der Waals surface area contributed by atoms with Gasteiger partial charge >= 0.3 is 0 Å². The molecule has 3 aromatic carbocycles. The number of benzene rings is 3. The van der Waals surface area contributed by atoms with Gasteiger partial charge in [-0.05, 0) is 77.3 Å². The van der Waals surface area contributed by atoms with Gasteiger partial charge < -0.3 is 9.47 Å². The molecule has 0 bridgehead atoms. The van der Waals surface area contributed by atoms with Crippen LogP contribution in [0.15, 0.2) is 82.7 Å². The Morgan fingerprint density at radius 1 is 1.06 bits per heavy atom. The van der Waals surface area contributed by atoms with Crippen molar-refractivity contribution in [3.63, 3.8) is 0 Å². The maximum Gasteiger partial charge on any atom is 0.293 e. The average molecular weight is 585 g/mol. The van der Waals surface area contributed by atoms with Crippen LogP contribution in [-0.2, 0) is 24.4 Å². The van der Waals surface area contributed by atoms with Crippen LogP contribution in [0.25, 0.3) is 6.08 Å². The highest BCUT2D eigenvalue weighted by Gasteiger charge is 2.35. The van der Waals surface area contributed by atoms with Gasteiger partial charge in [-0.2, -0.15) is 0 Å². The van der Waals surface area contributed by atoms with E-state index in [0.717, 1.165) is 38.5 Å². The molecule has 8 heteroatoms. The number of ether oxygens (including phenoxy) is 2. The topological polar surface area (TPSA) is 55.8 Å². The number of nitrogens with zero attached hydrogens (tertiary/aromatic N) is 1. The Morgan fingerprint density at radius 2 is 1.75 bits per heavy atom. The third-order valence-corrected chi connectivity index (χ3v) is 7.15. The monoisotopic (exact) mass is 583 g/mol. The van der Waals surface area contributed by atoms with Crippen LogP contribution in [0.3, 0.4) is 0 Å². The number of carbonyl (C=O) groups is 2. The first-order valence-electron chi connectivity index (χ1n) is 11.1. The van der Waals surface area contributed by atoms with Crippen molar-refractivity contribution < 1.29 is 19.1 Å². The molecule has 5 nitrogen and oxygen atoms in total. The number of methoxy groups -OCH3 is 1. The second-order valence-corrected chi connectivity index (χ2v) is 10.4. The maximum absolute atomic E-state index is 13.0. The molecule has 3 aromatic rings. The molecule has 1 saturated heterocycles. The molecule has 4 rings (SSSR count). The van der Waals surface area contributed by atoms with E-state index in [2.05, 4.69) is 22.5 Å². The fourth-order valence-electron chi connectivity index (χ4n) is 3.69. The lowest BCUT2D eigenvalue weighted by Crippen LogP contribution is -2.27. The summed E-state index contributed by atoms with van der Waals surface area (Å²) in [6, 6.07) is 18.7. The van der Waals surface area contributed by atoms with Gasteiger partial charge in [-0.3, -0.25) is 14.5 Å². The van der Waals surface area contributed by atoms with Crippen LogP contribution in [0, 0.1) is 0 Å². The first kappa shape index (κ1) is 26.1. The summed E-state index contributed by atoms with van der Waals surface area (Å²) in [5.41, 5.74) is 3.43. The van der Waals surface area contributed by atoms with Crippen molar-refractivity contribution >= 4 is 56.5 Å². The molecule has 1 aliphatic heterocycles. The van der Waals surface area contributed by atoms with Gasteiger partial charge in [0.15, 0.2) is 11.5 Å². The van der Waals surface area contributed by atoms with Gasteiger partial charge in [0.05, 0.1) is 18.6 Å². The molecule has 0 saturated carbocycles. The van der Waals surface area contributed by atoms with Crippen LogP contribution >= 0.6 is 39.3 Å². The van der Waals surface area contributed by atoms with Crippen molar-refractivity contribution in [3.8, 4) is 11.5 Å². The molecule has 0 N–H and O–H groups in total. The molecule has 0 unspecified atom stereocenters. The van der Waals surface area contributed by atoms with E-state index in [4.69, 9.17) is 21.1 Å². The third-order valence-electron chi connectivity index (χ3n) is 5.46. The molecule has 36 heavy (non-hydrogen) atoms. The summed E-state index contributed by atoms with van der Waals surface area (Å²) in [6.45, 7) is 4.41. The summed E-state index contributed by atoms with van der Waals surface area (Å²) in [7, 11) is 1.57. The van der Waals surface area contributed by atoms with Gasteiger partial charge in [-0.15, -0.1) is 6.58 Å². The summed E-state index contributed by atoms with van der Waals surface area (Å²) in [5, 5.41) is 0.365. The first-order valence-corrected chi connectivity index (χ1v) is 13.1. The van der Waals surface area contributed by atoms with E-state index in [-0.39, 0.29) is 17.7 Å². The minimum atomic E-state index is -0.319. The van der Waals surface area contributed by atoms with E-state index < -0.39 is 0 Å². The quantitative estimate of drug-likeness (QED) is 0.191. The minimum absolute atomic E-state index is 0.220. The number of allylic oxidation sites excluding steroid dienone is 1. The summed E-state index contributed by atoms with van der Waals surface area (Å²) >= 11 is 10.3. The van der Waals surface area contributed by atoms with Gasteiger partial charge in [0.1, 0.15) is 6.61 Å². The van der Waals surface area contributed by atoms with Crippen molar-refractivity contribution in [2.75, 3.05) is 7.11 Å². The number of hydrogen-bond donors (Lipinski definition) is 0. The molecule has 2 amide bonds. The number of rotatable bonds is 9. The zero-order valence-electron chi connectivity index (χ0n) is 19.5. The highest BCUT2D eigenvalue weighted by atomic mass is 79.9. The van der Waals surface area contributed by atoms with E-state index in [0.29, 0.717) is 34.5 Å². The Kier molecular flexibility index (Phi) is 8.56. The van der Waals surface area contributed by atoms with Crippen molar-refractivity contribution in [2.24, 2.45) is 0 Å². The Labute approximate surface area is 227 Å². The molecular weight excluding hydrogens is 562 g/mol. The molecule has 1 heterocycles. The first-order chi connectivity index (χ1) is 17.4. The highest BCUT2D eigenvalue weighted by Crippen LogP contribution is 2.38. The van der Waals surface area contributed by atoms with Crippen LogP contribution < -0.4 is 9.47 Å². The standard InChI is InChI=1S/C28H23BrClNO4S/c1-3-4-21-13-20(14-24(34-2)26(21)35-17-19-7-11-23(30)12-8-19)15-25-27(32)31(28(33)36-25)16-18-5-9-22(29)10-6-18/h3,5-15H,1,4,16-17H2,2H3/b25-15-. The van der Waals surface area contributed by atoms with Crippen molar-refractivity contribution in [1.82, 2.24) is 4.90 Å². The van der Waals surface area contributed by atoms with Crippen molar-refractivity contribution in [1.29, 1.82) is 0 Å². The Balaban J connectivity index is 1.58. The second kappa shape index (κ2) is 11.8. The predicted molar refractivity (Wildman–Crippen MR) is 148 cm³/mol. The number of thioether (sulfide) groups is 1. The van der Waals surface area contributed by atoms with E-state index in [1.165, 1.54) is 4.90 Å². The van der Waals surface area contributed by atoms with Crippen molar-refractivity contribution in [2.45, 2.75) is 19.6 Å². The van der Waals surface area contributed by atoms with Crippen LogP contribution in [0.4, 0.5) is 4.79 Å². The van der Waals surface area contributed by atoms with Gasteiger partial charge in [-0.1, -0.05) is 57.9 Å². The molecular formula is C28H23BrClNO4S. The molecule has 0 radical (unpaired) electrons. The normalized spacial score (nSPS) is 14.4. The van der Waals surface area contributed by atoms with Gasteiger partial charge in [0.25, 0.3) is 11.1 Å². The summed E-state index contributed by atoms with van der Waals surface area (Å²) in [6.07, 6.45) is 4.03. The molecule has 0 aliphatic carbocycles. The number of imide groups is 1. The Bertz CT molecular complexity index is 1320. The van der Waals surface area contributed by atoms with Crippen LogP contribution in [0.5, 0.6) is 11.5 Å². The van der Waals surface area contributed by atoms with E-state index in [1.807, 2.05) is 54.6 Å². The molecule has 0 atom stereocenters. The fraction of sp³-hybridized carbons (Fsp3) is 0.143. The average Bonchev–Trinajstić information content (AvgIpc) is 3.12. The molecule has 1 aliphatic rings. The van der Waals surface area contributed by atoms with E-state index in [9.17, 15) is 9.59 Å². The smallest absolute Gasteiger partial charge is 0.293 e. The summed E-state index contributed by atoms with van der Waals surface area (Å²) in [4.78, 5) is 27.2. The summed E-state index contributed by atoms with van der Waals surface area (Å²) in [5.74, 6) is 0.816. The summed E-state index contributed by atoms with van der Waals surface area (Å²) < 4.78 is 12.7. The van der Waals surface area contributed by atoms with Gasteiger partial charge in [0, 0.05) is 15.1 Å². The second-order valence-electron chi connectivity index (χ2n) is 8.01. The lowest BCUT2D eigenvalue weighted by atomic mass is 10.0. The number of hydrogen-bond acceptors (Lipinski definition) is 5. The number of halogens is 2. The predicted octanol–water partition coefficient (Wildman–Crippen LogP) is 7.66. The van der Waals surface area contributed by atoms with Crippen LogP contribution in [0.1, 0.15) is 22.3 Å². The SMILES string of the molecule is C=CCc1cc(/C=C2\SC(=O)N(Cc3ccc(Br)cc3)C2=O)cc(OC)c1OCc1ccc(Cl)cc1. The fourth-order valence-corrected chi connectivity index (χ4v) is 4.91. The molecule has 184 valence electrons. The lowest BCUT2D eigenvalue weighted by molar-refractivity contribution is -0.123. The zero-order chi connectivity index (χ0) is 25.7. The minimum Gasteiger partial charge on any atom is -0.493 e. The third kappa shape index (κ3) is 6.22. The van der Waals surface area contributed by atoms with Crippen LogP contribution in [0.2, 0.25) is 5.02 Å². The highest BCUT2D eigenvalue weighted by molar-refractivity contribution is 9.10. The Hall–Kier alpha value is -3.00. The van der Waals surface area contributed by atoms with Crippen LogP contribution in [-0.4, -0.2) is 23.2 Å². The Morgan fingerprint density at radius 3 is 2.42 bits per heavy atom. The molecule has 1 fully saturated rings. The number of amides is 2. The largest absolute Gasteiger partial charge is 0.493 e. The van der Waals surface area contributed by atoms with E-state index in [1.54, 1.807) is 25.3 Å². The molecule has 0 spiro atoms. The van der Waals surface area contributed by atoms with Gasteiger partial charge in [-0.25, -0.2) is 0 Å². The van der Waals surface area contributed by atoms with E-state index >= 15 is 0 Å². The zero-order valence-corrected chi connectivity index (χ0v) is 22.7. The maximum atomic E-state index is 13.0. The molecule has 0 aromatic heterocycles.